The minimum atomic E-state index is 0.0962. The zero-order chi connectivity index (χ0) is 12.3. The maximum atomic E-state index is 12.1. The maximum absolute atomic E-state index is 12.1. The molecular weight excluding hydrogens is 216 g/mol. The summed E-state index contributed by atoms with van der Waals surface area (Å²) in [7, 11) is 0. The number of urea groups is 1. The van der Waals surface area contributed by atoms with Crippen LogP contribution >= 0.6 is 0 Å². The summed E-state index contributed by atoms with van der Waals surface area (Å²) in [5.41, 5.74) is 0. The van der Waals surface area contributed by atoms with Crippen LogP contribution in [0.15, 0.2) is 0 Å². The van der Waals surface area contributed by atoms with Crippen molar-refractivity contribution in [3.05, 3.63) is 0 Å². The van der Waals surface area contributed by atoms with Crippen molar-refractivity contribution in [3.63, 3.8) is 0 Å². The highest BCUT2D eigenvalue weighted by atomic mass is 16.5. The number of ether oxygens (including phenoxy) is 1. The molecule has 2 rings (SSSR count). The minimum absolute atomic E-state index is 0.0962. The molecule has 0 bridgehead atoms. The van der Waals surface area contributed by atoms with E-state index in [9.17, 15) is 4.79 Å². The van der Waals surface area contributed by atoms with Crippen molar-refractivity contribution in [2.75, 3.05) is 13.1 Å². The second-order valence-electron chi connectivity index (χ2n) is 5.45. The smallest absolute Gasteiger partial charge is 0.317 e. The van der Waals surface area contributed by atoms with Crippen LogP contribution in [0.4, 0.5) is 4.79 Å². The minimum Gasteiger partial charge on any atom is -0.372 e. The highest BCUT2D eigenvalue weighted by Crippen LogP contribution is 2.18. The summed E-state index contributed by atoms with van der Waals surface area (Å²) in [6, 6.07) is 0.489. The first-order valence-corrected chi connectivity index (χ1v) is 6.86. The fraction of sp³-hybridized carbons (Fsp3) is 0.923. The monoisotopic (exact) mass is 240 g/mol. The average molecular weight is 240 g/mol. The van der Waals surface area contributed by atoms with E-state index in [1.165, 1.54) is 19.3 Å². The Morgan fingerprint density at radius 3 is 2.29 bits per heavy atom. The summed E-state index contributed by atoms with van der Waals surface area (Å²) in [5.74, 6) is 0. The van der Waals surface area contributed by atoms with Gasteiger partial charge in [-0.15, -0.1) is 0 Å². The quantitative estimate of drug-likeness (QED) is 0.763. The molecule has 2 fully saturated rings. The van der Waals surface area contributed by atoms with Crippen molar-refractivity contribution in [2.45, 2.75) is 64.2 Å². The van der Waals surface area contributed by atoms with Crippen molar-refractivity contribution in [1.29, 1.82) is 0 Å². The van der Waals surface area contributed by atoms with Gasteiger partial charge in [-0.2, -0.15) is 0 Å². The van der Waals surface area contributed by atoms with E-state index in [2.05, 4.69) is 5.32 Å². The number of hydrogen-bond donors (Lipinski definition) is 1. The van der Waals surface area contributed by atoms with E-state index in [1.807, 2.05) is 18.7 Å². The molecule has 1 saturated carbocycles. The molecule has 1 aliphatic carbocycles. The summed E-state index contributed by atoms with van der Waals surface area (Å²) in [4.78, 5) is 14.0. The lowest BCUT2D eigenvalue weighted by molar-refractivity contribution is -0.0548. The predicted molar refractivity (Wildman–Crippen MR) is 67.0 cm³/mol. The third-order valence-corrected chi connectivity index (χ3v) is 3.64. The highest BCUT2D eigenvalue weighted by molar-refractivity contribution is 5.74. The van der Waals surface area contributed by atoms with Gasteiger partial charge in [-0.3, -0.25) is 0 Å². The zero-order valence-corrected chi connectivity index (χ0v) is 10.9. The van der Waals surface area contributed by atoms with Crippen LogP contribution in [0, 0.1) is 0 Å². The number of amides is 2. The first-order chi connectivity index (χ1) is 8.15. The van der Waals surface area contributed by atoms with Gasteiger partial charge in [0.2, 0.25) is 0 Å². The van der Waals surface area contributed by atoms with Gasteiger partial charge < -0.3 is 15.0 Å². The van der Waals surface area contributed by atoms with E-state index in [-0.39, 0.29) is 18.2 Å². The van der Waals surface area contributed by atoms with Crippen LogP contribution < -0.4 is 5.32 Å². The Hall–Kier alpha value is -0.770. The van der Waals surface area contributed by atoms with Crippen LogP contribution in [0.2, 0.25) is 0 Å². The Kier molecular flexibility index (Phi) is 4.26. The van der Waals surface area contributed by atoms with Crippen LogP contribution in [0.1, 0.15) is 46.0 Å². The van der Waals surface area contributed by atoms with Gasteiger partial charge in [0, 0.05) is 19.1 Å². The van der Waals surface area contributed by atoms with Crippen LogP contribution in [0.5, 0.6) is 0 Å². The Labute approximate surface area is 104 Å². The van der Waals surface area contributed by atoms with Gasteiger partial charge in [-0.25, -0.2) is 4.79 Å². The third-order valence-electron chi connectivity index (χ3n) is 3.64. The van der Waals surface area contributed by atoms with Gasteiger partial charge in [0.1, 0.15) is 0 Å². The molecule has 2 amide bonds. The molecule has 1 heterocycles. The van der Waals surface area contributed by atoms with Crippen molar-refractivity contribution < 1.29 is 9.53 Å². The zero-order valence-electron chi connectivity index (χ0n) is 10.9. The molecule has 0 aromatic carbocycles. The third kappa shape index (κ3) is 3.60. The maximum Gasteiger partial charge on any atom is 0.317 e. The van der Waals surface area contributed by atoms with Crippen LogP contribution in [-0.4, -0.2) is 42.3 Å². The van der Waals surface area contributed by atoms with Crippen molar-refractivity contribution in [1.82, 2.24) is 10.2 Å². The van der Waals surface area contributed by atoms with Gasteiger partial charge in [0.15, 0.2) is 0 Å². The molecule has 4 nitrogen and oxygen atoms in total. The summed E-state index contributed by atoms with van der Waals surface area (Å²) in [6.45, 7) is 5.47. The second-order valence-corrected chi connectivity index (χ2v) is 5.45. The van der Waals surface area contributed by atoms with E-state index < -0.39 is 0 Å². The topological polar surface area (TPSA) is 41.6 Å². The molecule has 1 aliphatic heterocycles. The summed E-state index contributed by atoms with van der Waals surface area (Å²) >= 11 is 0. The van der Waals surface area contributed by atoms with Crippen molar-refractivity contribution in [2.24, 2.45) is 0 Å². The summed E-state index contributed by atoms with van der Waals surface area (Å²) in [6.07, 6.45) is 6.40. The lowest BCUT2D eigenvalue weighted by Gasteiger charge is -2.36. The van der Waals surface area contributed by atoms with Crippen LogP contribution in [-0.2, 0) is 4.74 Å². The standard InChI is InChI=1S/C13H24N2O2/c1-10-8-15(9-11(2)17-10)13(16)14-12-6-4-3-5-7-12/h10-12H,3-9H2,1-2H3,(H,14,16). The van der Waals surface area contributed by atoms with Gasteiger partial charge in [0.05, 0.1) is 12.2 Å². The predicted octanol–water partition coefficient (Wildman–Crippen LogP) is 2.14. The van der Waals surface area contributed by atoms with Gasteiger partial charge in [-0.1, -0.05) is 19.3 Å². The first kappa shape index (κ1) is 12.7. The lowest BCUT2D eigenvalue weighted by Crippen LogP contribution is -2.53. The van der Waals surface area contributed by atoms with E-state index >= 15 is 0 Å². The normalized spacial score (nSPS) is 31.3. The highest BCUT2D eigenvalue weighted by Gasteiger charge is 2.27. The van der Waals surface area contributed by atoms with Gasteiger partial charge in [0.25, 0.3) is 0 Å². The molecule has 2 atom stereocenters. The Morgan fingerprint density at radius 2 is 1.71 bits per heavy atom. The molecule has 0 aromatic heterocycles. The Balaban J connectivity index is 1.81. The molecule has 98 valence electrons. The second kappa shape index (κ2) is 5.71. The van der Waals surface area contributed by atoms with Crippen molar-refractivity contribution in [3.8, 4) is 0 Å². The molecule has 2 aliphatic rings. The number of rotatable bonds is 1. The van der Waals surface area contributed by atoms with E-state index in [4.69, 9.17) is 4.74 Å². The Morgan fingerprint density at radius 1 is 1.12 bits per heavy atom. The van der Waals surface area contributed by atoms with Gasteiger partial charge >= 0.3 is 6.03 Å². The Bertz CT molecular complexity index is 254. The largest absolute Gasteiger partial charge is 0.372 e. The summed E-state index contributed by atoms with van der Waals surface area (Å²) < 4.78 is 5.63. The van der Waals surface area contributed by atoms with Crippen molar-refractivity contribution >= 4 is 6.03 Å². The van der Waals surface area contributed by atoms with E-state index in [0.717, 1.165) is 12.8 Å². The number of morpholine rings is 1. The molecule has 4 heteroatoms. The number of hydrogen-bond acceptors (Lipinski definition) is 2. The number of carbonyl (C=O) groups excluding carboxylic acids is 1. The lowest BCUT2D eigenvalue weighted by atomic mass is 9.96. The molecule has 1 N–H and O–H groups in total. The molecule has 0 radical (unpaired) electrons. The van der Waals surface area contributed by atoms with E-state index in [0.29, 0.717) is 19.1 Å². The fourth-order valence-corrected chi connectivity index (χ4v) is 2.86. The molecule has 17 heavy (non-hydrogen) atoms. The average Bonchev–Trinajstić information content (AvgIpc) is 2.29. The number of nitrogens with zero attached hydrogens (tertiary/aromatic N) is 1. The molecular formula is C13H24N2O2. The molecule has 0 spiro atoms. The number of carbonyl (C=O) groups is 1. The number of nitrogens with one attached hydrogen (secondary N) is 1. The van der Waals surface area contributed by atoms with Gasteiger partial charge in [-0.05, 0) is 26.7 Å². The molecule has 0 aromatic rings. The summed E-state index contributed by atoms with van der Waals surface area (Å²) in [5, 5.41) is 3.16. The molecule has 2 unspecified atom stereocenters. The van der Waals surface area contributed by atoms with E-state index in [1.54, 1.807) is 0 Å². The first-order valence-electron chi connectivity index (χ1n) is 6.86. The molecule has 1 saturated heterocycles. The SMILES string of the molecule is CC1CN(C(=O)NC2CCCCC2)CC(C)O1. The van der Waals surface area contributed by atoms with Crippen LogP contribution in [0.25, 0.3) is 0 Å². The fourth-order valence-electron chi connectivity index (χ4n) is 2.86. The van der Waals surface area contributed by atoms with Crippen LogP contribution in [0.3, 0.4) is 0 Å².